The van der Waals surface area contributed by atoms with Crippen LogP contribution in [0.15, 0.2) is 42.5 Å². The number of ether oxygens (including phenoxy) is 2. The van der Waals surface area contributed by atoms with Crippen molar-refractivity contribution in [3.8, 4) is 0 Å². The van der Waals surface area contributed by atoms with E-state index in [2.05, 4.69) is 5.32 Å². The van der Waals surface area contributed by atoms with Crippen molar-refractivity contribution in [1.29, 1.82) is 0 Å². The summed E-state index contributed by atoms with van der Waals surface area (Å²) < 4.78 is 11.0. The van der Waals surface area contributed by atoms with Gasteiger partial charge in [0.15, 0.2) is 0 Å². The second kappa shape index (κ2) is 10.2. The molecule has 29 heavy (non-hydrogen) atoms. The highest BCUT2D eigenvalue weighted by atomic mass is 16.6. The van der Waals surface area contributed by atoms with Gasteiger partial charge in [-0.3, -0.25) is 14.4 Å². The molecule has 6 heteroatoms. The van der Waals surface area contributed by atoms with Crippen molar-refractivity contribution in [2.75, 3.05) is 6.54 Å². The molecule has 1 heterocycles. The number of rotatable bonds is 3. The van der Waals surface area contributed by atoms with Gasteiger partial charge < -0.3 is 14.8 Å². The molecule has 1 N–H and O–H groups in total. The lowest BCUT2D eigenvalue weighted by atomic mass is 9.98. The van der Waals surface area contributed by atoms with Crippen molar-refractivity contribution in [2.45, 2.75) is 58.7 Å². The average Bonchev–Trinajstić information content (AvgIpc) is 2.65. The monoisotopic (exact) mass is 401 g/mol. The van der Waals surface area contributed by atoms with Crippen molar-refractivity contribution in [3.05, 3.63) is 48.0 Å². The molecule has 0 fully saturated rings. The molecular weight excluding hydrogens is 370 g/mol. The summed E-state index contributed by atoms with van der Waals surface area (Å²) in [5.74, 6) is -1.80. The Labute approximate surface area is 172 Å². The highest BCUT2D eigenvalue weighted by molar-refractivity contribution is 5.84. The number of cyclic esters (lactones) is 1. The summed E-state index contributed by atoms with van der Waals surface area (Å²) in [6, 6.07) is 9.32. The van der Waals surface area contributed by atoms with Gasteiger partial charge in [0.1, 0.15) is 11.7 Å². The van der Waals surface area contributed by atoms with E-state index in [-0.39, 0.29) is 30.8 Å². The third kappa shape index (κ3) is 7.72. The first kappa shape index (κ1) is 22.7. The van der Waals surface area contributed by atoms with Crippen LogP contribution in [-0.4, -0.2) is 30.0 Å². The van der Waals surface area contributed by atoms with Crippen LogP contribution in [0.5, 0.6) is 0 Å². The van der Waals surface area contributed by atoms with E-state index in [0.29, 0.717) is 12.8 Å². The topological polar surface area (TPSA) is 81.7 Å². The van der Waals surface area contributed by atoms with Gasteiger partial charge in [-0.15, -0.1) is 0 Å². The third-order valence-corrected chi connectivity index (χ3v) is 4.57. The molecule has 3 atom stereocenters. The molecule has 2 rings (SSSR count). The molecule has 1 aromatic rings. The molecule has 0 saturated heterocycles. The summed E-state index contributed by atoms with van der Waals surface area (Å²) in [4.78, 5) is 37.4. The van der Waals surface area contributed by atoms with Gasteiger partial charge in [0.05, 0.1) is 24.8 Å². The third-order valence-electron chi connectivity index (χ3n) is 4.57. The van der Waals surface area contributed by atoms with E-state index in [4.69, 9.17) is 9.47 Å². The second-order valence-corrected chi connectivity index (χ2v) is 8.41. The Morgan fingerprint density at radius 1 is 1.14 bits per heavy atom. The van der Waals surface area contributed by atoms with Crippen LogP contribution in [0.1, 0.15) is 58.6 Å². The van der Waals surface area contributed by atoms with Crippen LogP contribution >= 0.6 is 0 Å². The van der Waals surface area contributed by atoms with Crippen molar-refractivity contribution in [3.63, 3.8) is 0 Å². The molecule has 0 unspecified atom stereocenters. The molecule has 158 valence electrons. The van der Waals surface area contributed by atoms with Gasteiger partial charge in [0.25, 0.3) is 0 Å². The predicted molar refractivity (Wildman–Crippen MR) is 110 cm³/mol. The molecule has 0 bridgehead atoms. The number of esters is 2. The second-order valence-electron chi connectivity index (χ2n) is 8.41. The molecule has 1 amide bonds. The summed E-state index contributed by atoms with van der Waals surface area (Å²) in [5, 5.41) is 2.84. The van der Waals surface area contributed by atoms with E-state index in [1.165, 1.54) is 0 Å². The maximum Gasteiger partial charge on any atom is 0.309 e. The van der Waals surface area contributed by atoms with Crippen LogP contribution in [0.4, 0.5) is 0 Å². The van der Waals surface area contributed by atoms with Crippen molar-refractivity contribution >= 4 is 17.8 Å². The van der Waals surface area contributed by atoms with Gasteiger partial charge in [0.2, 0.25) is 5.91 Å². The Balaban J connectivity index is 2.17. The number of benzene rings is 1. The summed E-state index contributed by atoms with van der Waals surface area (Å²) >= 11 is 0. The fourth-order valence-corrected chi connectivity index (χ4v) is 3.01. The number of allylic oxidation sites excluding steroid dienone is 2. The summed E-state index contributed by atoms with van der Waals surface area (Å²) in [6.07, 6.45) is 4.04. The Kier molecular flexibility index (Phi) is 8.00. The zero-order valence-corrected chi connectivity index (χ0v) is 17.6. The van der Waals surface area contributed by atoms with Crippen LogP contribution in [0.2, 0.25) is 0 Å². The minimum Gasteiger partial charge on any atom is -0.460 e. The molecular formula is C23H31NO5. The normalized spacial score (nSPS) is 25.0. The number of carbonyl (C=O) groups is 3. The van der Waals surface area contributed by atoms with Gasteiger partial charge in [-0.25, -0.2) is 0 Å². The van der Waals surface area contributed by atoms with Crippen LogP contribution in [0, 0.1) is 11.8 Å². The number of carbonyl (C=O) groups excluding carboxylic acids is 3. The van der Waals surface area contributed by atoms with Crippen molar-refractivity contribution in [1.82, 2.24) is 5.32 Å². The first-order chi connectivity index (χ1) is 13.7. The molecule has 1 aliphatic rings. The molecule has 0 aromatic heterocycles. The van der Waals surface area contributed by atoms with Gasteiger partial charge >= 0.3 is 11.9 Å². The van der Waals surface area contributed by atoms with Crippen LogP contribution in [0.25, 0.3) is 0 Å². The largest absolute Gasteiger partial charge is 0.460 e. The van der Waals surface area contributed by atoms with E-state index in [1.54, 1.807) is 20.8 Å². The first-order valence-electron chi connectivity index (χ1n) is 10.1. The van der Waals surface area contributed by atoms with E-state index < -0.39 is 23.6 Å². The maximum atomic E-state index is 12.8. The molecule has 1 aliphatic heterocycles. The minimum atomic E-state index is -0.600. The quantitative estimate of drug-likeness (QED) is 0.617. The van der Waals surface area contributed by atoms with Crippen molar-refractivity contribution < 1.29 is 23.9 Å². The highest BCUT2D eigenvalue weighted by Gasteiger charge is 2.27. The Morgan fingerprint density at radius 2 is 1.79 bits per heavy atom. The SMILES string of the molecule is C[C@@H]1C/C=C\C[C@@H](CC(=O)OC(C)(C)C)C(=O)NC[C@@H](c2ccccc2)OC1=O. The minimum absolute atomic E-state index is 0.00120. The standard InChI is InChI=1S/C23H31NO5/c1-16-10-8-9-13-18(14-20(25)29-23(2,3)4)21(26)24-15-19(28-22(16)27)17-11-6-5-7-12-17/h5-9,11-12,16,18-19H,10,13-15H2,1-4H3,(H,24,26)/b9-8-/t16-,18+,19+/m1/s1. The van der Waals surface area contributed by atoms with Gasteiger partial charge in [0, 0.05) is 0 Å². The number of amides is 1. The Morgan fingerprint density at radius 3 is 2.45 bits per heavy atom. The number of hydrogen-bond donors (Lipinski definition) is 1. The van der Waals surface area contributed by atoms with Gasteiger partial charge in [-0.2, -0.15) is 0 Å². The Bertz CT molecular complexity index is 735. The average molecular weight is 402 g/mol. The summed E-state index contributed by atoms with van der Waals surface area (Å²) in [7, 11) is 0. The molecule has 1 aromatic carbocycles. The fraction of sp³-hybridized carbons (Fsp3) is 0.522. The van der Waals surface area contributed by atoms with E-state index in [0.717, 1.165) is 5.56 Å². The fourth-order valence-electron chi connectivity index (χ4n) is 3.01. The van der Waals surface area contributed by atoms with E-state index in [1.807, 2.05) is 49.4 Å². The van der Waals surface area contributed by atoms with Gasteiger partial charge in [-0.05, 0) is 39.2 Å². The van der Waals surface area contributed by atoms with E-state index >= 15 is 0 Å². The maximum absolute atomic E-state index is 12.8. The number of nitrogens with one attached hydrogen (secondary N) is 1. The van der Waals surface area contributed by atoms with Crippen LogP contribution < -0.4 is 5.32 Å². The number of hydrogen-bond acceptors (Lipinski definition) is 5. The first-order valence-corrected chi connectivity index (χ1v) is 10.1. The highest BCUT2D eigenvalue weighted by Crippen LogP contribution is 2.22. The van der Waals surface area contributed by atoms with Crippen molar-refractivity contribution in [2.24, 2.45) is 11.8 Å². The smallest absolute Gasteiger partial charge is 0.309 e. The zero-order valence-electron chi connectivity index (χ0n) is 17.6. The Hall–Kier alpha value is -2.63. The predicted octanol–water partition coefficient (Wildman–Crippen LogP) is 3.72. The van der Waals surface area contributed by atoms with E-state index in [9.17, 15) is 14.4 Å². The van der Waals surface area contributed by atoms with Crippen LogP contribution in [-0.2, 0) is 23.9 Å². The lowest BCUT2D eigenvalue weighted by molar-refractivity contribution is -0.157. The van der Waals surface area contributed by atoms with Crippen LogP contribution in [0.3, 0.4) is 0 Å². The lowest BCUT2D eigenvalue weighted by Crippen LogP contribution is -2.37. The summed E-state index contributed by atoms with van der Waals surface area (Å²) in [5.41, 5.74) is 0.209. The zero-order chi connectivity index (χ0) is 21.4. The molecule has 0 radical (unpaired) electrons. The summed E-state index contributed by atoms with van der Waals surface area (Å²) in [6.45, 7) is 7.36. The molecule has 0 spiro atoms. The molecule has 6 nitrogen and oxygen atoms in total. The molecule has 0 aliphatic carbocycles. The molecule has 0 saturated carbocycles. The van der Waals surface area contributed by atoms with Gasteiger partial charge in [-0.1, -0.05) is 49.4 Å². The lowest BCUT2D eigenvalue weighted by Gasteiger charge is -2.24.